The van der Waals surface area contributed by atoms with E-state index < -0.39 is 11.6 Å². The second-order valence-electron chi connectivity index (χ2n) is 4.07. The summed E-state index contributed by atoms with van der Waals surface area (Å²) in [5.74, 6) is -0.824. The zero-order valence-corrected chi connectivity index (χ0v) is 10.6. The lowest BCUT2D eigenvalue weighted by molar-refractivity contribution is -0.144. The molecule has 1 aromatic rings. The molecule has 0 amide bonds. The van der Waals surface area contributed by atoms with Crippen LogP contribution in [-0.4, -0.2) is 18.2 Å². The van der Waals surface area contributed by atoms with Crippen LogP contribution in [0.3, 0.4) is 0 Å². The Labute approximate surface area is 103 Å². The molecule has 0 aromatic heterocycles. The summed E-state index contributed by atoms with van der Waals surface area (Å²) in [6.07, 6.45) is 1.64. The summed E-state index contributed by atoms with van der Waals surface area (Å²) in [7, 11) is 1.58. The Kier molecular flexibility index (Phi) is 3.04. The first-order valence-electron chi connectivity index (χ1n) is 5.13. The molecule has 0 spiro atoms. The number of fused-ring (bicyclic) bond motifs is 1. The number of carbonyl (C=O) groups is 1. The maximum absolute atomic E-state index is 10.9. The minimum atomic E-state index is -0.824. The van der Waals surface area contributed by atoms with Gasteiger partial charge in [-0.3, -0.25) is 4.79 Å². The van der Waals surface area contributed by atoms with Gasteiger partial charge in [0.2, 0.25) is 0 Å². The molecule has 1 unspecified atom stereocenters. The second kappa shape index (κ2) is 4.18. The molecule has 4 heteroatoms. The maximum Gasteiger partial charge on any atom is 0.306 e. The molecule has 0 saturated heterocycles. The molecule has 0 saturated carbocycles. The monoisotopic (exact) mass is 284 g/mol. The smallest absolute Gasteiger partial charge is 0.306 e. The van der Waals surface area contributed by atoms with Crippen LogP contribution in [0.15, 0.2) is 22.7 Å². The largest absolute Gasteiger partial charge is 0.481 e. The molecule has 16 heavy (non-hydrogen) atoms. The predicted molar refractivity (Wildman–Crippen MR) is 63.4 cm³/mol. The highest BCUT2D eigenvalue weighted by atomic mass is 79.9. The average Bonchev–Trinajstić information content (AvgIpc) is 2.57. The number of rotatable bonds is 3. The van der Waals surface area contributed by atoms with Crippen LogP contribution in [0.1, 0.15) is 24.0 Å². The summed E-state index contributed by atoms with van der Waals surface area (Å²) < 4.78 is 6.45. The van der Waals surface area contributed by atoms with Crippen molar-refractivity contribution >= 4 is 21.9 Å². The Balaban J connectivity index is 2.45. The number of halogens is 1. The average molecular weight is 285 g/mol. The van der Waals surface area contributed by atoms with E-state index in [2.05, 4.69) is 15.9 Å². The van der Waals surface area contributed by atoms with Crippen LogP contribution >= 0.6 is 15.9 Å². The van der Waals surface area contributed by atoms with Crippen molar-refractivity contribution in [3.63, 3.8) is 0 Å². The summed E-state index contributed by atoms with van der Waals surface area (Å²) >= 11 is 3.41. The molecule has 0 bridgehead atoms. The molecule has 1 aromatic carbocycles. The molecule has 86 valence electrons. The van der Waals surface area contributed by atoms with Crippen molar-refractivity contribution in [1.82, 2.24) is 0 Å². The van der Waals surface area contributed by atoms with E-state index in [1.165, 1.54) is 5.56 Å². The van der Waals surface area contributed by atoms with E-state index in [-0.39, 0.29) is 6.42 Å². The molecular weight excluding hydrogens is 272 g/mol. The van der Waals surface area contributed by atoms with Gasteiger partial charge >= 0.3 is 5.97 Å². The van der Waals surface area contributed by atoms with Gasteiger partial charge in [0.25, 0.3) is 0 Å². The highest BCUT2D eigenvalue weighted by Gasteiger charge is 2.40. The van der Waals surface area contributed by atoms with Gasteiger partial charge in [-0.25, -0.2) is 0 Å². The van der Waals surface area contributed by atoms with Crippen LogP contribution < -0.4 is 0 Å². The van der Waals surface area contributed by atoms with Gasteiger partial charge in [0.15, 0.2) is 0 Å². The van der Waals surface area contributed by atoms with E-state index >= 15 is 0 Å². The Bertz CT molecular complexity index is 430. The molecule has 1 aliphatic rings. The Hall–Kier alpha value is -0.870. The summed E-state index contributed by atoms with van der Waals surface area (Å²) in [5.41, 5.74) is 1.54. The molecule has 0 radical (unpaired) electrons. The highest BCUT2D eigenvalue weighted by Crippen LogP contribution is 2.43. The molecule has 2 rings (SSSR count). The maximum atomic E-state index is 10.9. The van der Waals surface area contributed by atoms with E-state index in [0.717, 1.165) is 22.9 Å². The standard InChI is InChI=1S/C12H13BrO3/c1-16-12(7-11(14)15)5-4-8-2-3-9(13)6-10(8)12/h2-3,6H,4-5,7H2,1H3,(H,14,15). The van der Waals surface area contributed by atoms with E-state index in [1.807, 2.05) is 18.2 Å². The van der Waals surface area contributed by atoms with Crippen LogP contribution in [0.2, 0.25) is 0 Å². The molecule has 1 aliphatic carbocycles. The van der Waals surface area contributed by atoms with Gasteiger partial charge in [0.05, 0.1) is 6.42 Å². The molecule has 0 fully saturated rings. The lowest BCUT2D eigenvalue weighted by Crippen LogP contribution is -2.28. The van der Waals surface area contributed by atoms with Crippen molar-refractivity contribution in [2.45, 2.75) is 24.9 Å². The van der Waals surface area contributed by atoms with Crippen LogP contribution in [0.25, 0.3) is 0 Å². The first-order valence-corrected chi connectivity index (χ1v) is 5.92. The van der Waals surface area contributed by atoms with E-state index in [1.54, 1.807) is 7.11 Å². The molecular formula is C12H13BrO3. The fraction of sp³-hybridized carbons (Fsp3) is 0.417. The molecule has 1 N–H and O–H groups in total. The van der Waals surface area contributed by atoms with Gasteiger partial charge in [-0.15, -0.1) is 0 Å². The number of carboxylic acid groups (broad SMARTS) is 1. The lowest BCUT2D eigenvalue weighted by Gasteiger charge is -2.27. The molecule has 3 nitrogen and oxygen atoms in total. The number of benzene rings is 1. The van der Waals surface area contributed by atoms with E-state index in [9.17, 15) is 4.79 Å². The van der Waals surface area contributed by atoms with Crippen molar-refractivity contribution < 1.29 is 14.6 Å². The van der Waals surface area contributed by atoms with E-state index in [4.69, 9.17) is 9.84 Å². The van der Waals surface area contributed by atoms with Crippen LogP contribution in [0, 0.1) is 0 Å². The lowest BCUT2D eigenvalue weighted by atomic mass is 9.92. The minimum absolute atomic E-state index is 0.0208. The van der Waals surface area contributed by atoms with Gasteiger partial charge in [0.1, 0.15) is 5.60 Å². The Morgan fingerprint density at radius 2 is 2.38 bits per heavy atom. The van der Waals surface area contributed by atoms with Crippen molar-refractivity contribution in [1.29, 1.82) is 0 Å². The number of aryl methyl sites for hydroxylation is 1. The SMILES string of the molecule is COC1(CC(=O)O)CCc2ccc(Br)cc21. The number of ether oxygens (including phenoxy) is 1. The van der Waals surface area contributed by atoms with Crippen LogP contribution in [0.5, 0.6) is 0 Å². The van der Waals surface area contributed by atoms with Gasteiger partial charge in [-0.2, -0.15) is 0 Å². The van der Waals surface area contributed by atoms with Gasteiger partial charge in [-0.1, -0.05) is 22.0 Å². The Morgan fingerprint density at radius 1 is 1.62 bits per heavy atom. The van der Waals surface area contributed by atoms with Crippen molar-refractivity contribution in [2.24, 2.45) is 0 Å². The number of aliphatic carboxylic acids is 1. The first-order chi connectivity index (χ1) is 7.57. The topological polar surface area (TPSA) is 46.5 Å². The third-order valence-corrected chi connectivity index (χ3v) is 3.68. The Morgan fingerprint density at radius 3 is 3.00 bits per heavy atom. The predicted octanol–water partition coefficient (Wildman–Crippen LogP) is 2.71. The zero-order chi connectivity index (χ0) is 11.8. The fourth-order valence-electron chi connectivity index (χ4n) is 2.37. The van der Waals surface area contributed by atoms with Gasteiger partial charge < -0.3 is 9.84 Å². The molecule has 0 aliphatic heterocycles. The highest BCUT2D eigenvalue weighted by molar-refractivity contribution is 9.10. The minimum Gasteiger partial charge on any atom is -0.481 e. The first kappa shape index (κ1) is 11.6. The summed E-state index contributed by atoms with van der Waals surface area (Å²) in [5, 5.41) is 8.97. The summed E-state index contributed by atoms with van der Waals surface area (Å²) in [6.45, 7) is 0. The molecule has 0 heterocycles. The van der Waals surface area contributed by atoms with Gasteiger partial charge in [-0.05, 0) is 36.1 Å². The normalized spacial score (nSPS) is 23.1. The van der Waals surface area contributed by atoms with Crippen LogP contribution in [-0.2, 0) is 21.6 Å². The number of hydrogen-bond donors (Lipinski definition) is 1. The van der Waals surface area contributed by atoms with Crippen molar-refractivity contribution in [3.8, 4) is 0 Å². The summed E-state index contributed by atoms with van der Waals surface area (Å²) in [6, 6.07) is 5.97. The van der Waals surface area contributed by atoms with Crippen molar-refractivity contribution in [2.75, 3.05) is 7.11 Å². The third kappa shape index (κ3) is 1.87. The molecule has 1 atom stereocenters. The van der Waals surface area contributed by atoms with Crippen LogP contribution in [0.4, 0.5) is 0 Å². The number of hydrogen-bond acceptors (Lipinski definition) is 2. The fourth-order valence-corrected chi connectivity index (χ4v) is 2.74. The quantitative estimate of drug-likeness (QED) is 0.928. The zero-order valence-electron chi connectivity index (χ0n) is 9.00. The number of methoxy groups -OCH3 is 1. The van der Waals surface area contributed by atoms with Crippen molar-refractivity contribution in [3.05, 3.63) is 33.8 Å². The third-order valence-electron chi connectivity index (χ3n) is 3.19. The second-order valence-corrected chi connectivity index (χ2v) is 4.99. The van der Waals surface area contributed by atoms with Gasteiger partial charge in [0, 0.05) is 11.6 Å². The number of carboxylic acids is 1. The summed E-state index contributed by atoms with van der Waals surface area (Å²) in [4.78, 5) is 10.9. The van der Waals surface area contributed by atoms with E-state index in [0.29, 0.717) is 0 Å².